The van der Waals surface area contributed by atoms with Gasteiger partial charge in [-0.05, 0) is 30.6 Å². The van der Waals surface area contributed by atoms with Gasteiger partial charge >= 0.3 is 0 Å². The van der Waals surface area contributed by atoms with Crippen LogP contribution >= 0.6 is 0 Å². The molecule has 1 aromatic rings. The SMILES string of the molecule is CC1=C[C@H](c2ccccc2)N[C@H]1CO[Si](C)(C)C(C)(C)C. The molecule has 0 unspecified atom stereocenters. The Kier molecular flexibility index (Phi) is 4.76. The van der Waals surface area contributed by atoms with Gasteiger partial charge in [0.2, 0.25) is 0 Å². The van der Waals surface area contributed by atoms with Crippen molar-refractivity contribution in [2.75, 3.05) is 6.61 Å². The number of rotatable bonds is 4. The third-order valence-corrected chi connectivity index (χ3v) is 9.44. The first-order chi connectivity index (χ1) is 9.71. The Morgan fingerprint density at radius 3 is 2.33 bits per heavy atom. The van der Waals surface area contributed by atoms with Gasteiger partial charge in [-0.1, -0.05) is 62.8 Å². The predicted molar refractivity (Wildman–Crippen MR) is 93.0 cm³/mol. The van der Waals surface area contributed by atoms with Crippen molar-refractivity contribution < 1.29 is 4.43 Å². The summed E-state index contributed by atoms with van der Waals surface area (Å²) in [6.45, 7) is 14.5. The topological polar surface area (TPSA) is 21.3 Å². The van der Waals surface area contributed by atoms with Crippen molar-refractivity contribution in [1.82, 2.24) is 5.32 Å². The number of hydrogen-bond donors (Lipinski definition) is 1. The normalized spacial score (nSPS) is 23.2. The van der Waals surface area contributed by atoms with Crippen LogP contribution in [0.25, 0.3) is 0 Å². The lowest BCUT2D eigenvalue weighted by molar-refractivity contribution is 0.259. The molecule has 0 fully saturated rings. The van der Waals surface area contributed by atoms with Gasteiger partial charge in [-0.3, -0.25) is 5.32 Å². The first-order valence-corrected chi connectivity index (χ1v) is 10.7. The molecule has 1 aromatic carbocycles. The van der Waals surface area contributed by atoms with E-state index >= 15 is 0 Å². The Hall–Kier alpha value is -0.903. The van der Waals surface area contributed by atoms with Crippen molar-refractivity contribution in [2.45, 2.75) is 57.9 Å². The lowest BCUT2D eigenvalue weighted by Crippen LogP contribution is -2.44. The molecule has 0 radical (unpaired) electrons. The van der Waals surface area contributed by atoms with Crippen LogP contribution in [0.15, 0.2) is 42.0 Å². The van der Waals surface area contributed by atoms with Gasteiger partial charge in [0.1, 0.15) is 0 Å². The number of nitrogens with one attached hydrogen (secondary N) is 1. The quantitative estimate of drug-likeness (QED) is 0.645. The molecule has 2 rings (SSSR count). The molecule has 0 aliphatic carbocycles. The summed E-state index contributed by atoms with van der Waals surface area (Å²) >= 11 is 0. The van der Waals surface area contributed by atoms with Crippen LogP contribution in [0.3, 0.4) is 0 Å². The highest BCUT2D eigenvalue weighted by molar-refractivity contribution is 6.74. The largest absolute Gasteiger partial charge is 0.415 e. The molecule has 116 valence electrons. The van der Waals surface area contributed by atoms with Crippen molar-refractivity contribution in [3.05, 3.63) is 47.5 Å². The summed E-state index contributed by atoms with van der Waals surface area (Å²) < 4.78 is 6.37. The van der Waals surface area contributed by atoms with Crippen LogP contribution in [-0.4, -0.2) is 21.0 Å². The summed E-state index contributed by atoms with van der Waals surface area (Å²) in [6.07, 6.45) is 2.33. The van der Waals surface area contributed by atoms with Crippen molar-refractivity contribution in [2.24, 2.45) is 0 Å². The Morgan fingerprint density at radius 2 is 1.76 bits per heavy atom. The average Bonchev–Trinajstić information content (AvgIpc) is 2.78. The first-order valence-electron chi connectivity index (χ1n) is 7.84. The Balaban J connectivity index is 1.97. The predicted octanol–water partition coefficient (Wildman–Crippen LogP) is 4.67. The summed E-state index contributed by atoms with van der Waals surface area (Å²) in [5.74, 6) is 0. The van der Waals surface area contributed by atoms with Gasteiger partial charge in [-0.25, -0.2) is 0 Å². The van der Waals surface area contributed by atoms with Crippen molar-refractivity contribution in [3.63, 3.8) is 0 Å². The lowest BCUT2D eigenvalue weighted by Gasteiger charge is -2.37. The van der Waals surface area contributed by atoms with Crippen LogP contribution < -0.4 is 5.32 Å². The fraction of sp³-hybridized carbons (Fsp3) is 0.556. The van der Waals surface area contributed by atoms with Crippen LogP contribution in [0.5, 0.6) is 0 Å². The molecule has 21 heavy (non-hydrogen) atoms. The maximum atomic E-state index is 6.37. The third-order valence-electron chi connectivity index (χ3n) is 4.94. The highest BCUT2D eigenvalue weighted by atomic mass is 28.4. The molecule has 3 heteroatoms. The van der Waals surface area contributed by atoms with Gasteiger partial charge in [-0.2, -0.15) is 0 Å². The molecule has 0 saturated heterocycles. The molecule has 2 atom stereocenters. The standard InChI is InChI=1S/C18H29NOSi/c1-14-12-16(15-10-8-7-9-11-15)19-17(14)13-20-21(5,6)18(2,3)4/h7-12,16-17,19H,13H2,1-6H3/t16-,17+/m1/s1. The van der Waals surface area contributed by atoms with E-state index in [9.17, 15) is 0 Å². The molecule has 0 amide bonds. The van der Waals surface area contributed by atoms with Crippen LogP contribution in [0.1, 0.15) is 39.3 Å². The smallest absolute Gasteiger partial charge is 0.192 e. The van der Waals surface area contributed by atoms with E-state index in [0.29, 0.717) is 12.1 Å². The zero-order valence-corrected chi connectivity index (χ0v) is 15.2. The van der Waals surface area contributed by atoms with Crippen molar-refractivity contribution in [1.29, 1.82) is 0 Å². The molecule has 1 aliphatic rings. The van der Waals surface area contributed by atoms with Gasteiger partial charge in [0.15, 0.2) is 8.32 Å². The fourth-order valence-electron chi connectivity index (χ4n) is 2.32. The first kappa shape index (κ1) is 16.5. The molecular weight excluding hydrogens is 274 g/mol. The second-order valence-electron chi connectivity index (χ2n) is 7.59. The summed E-state index contributed by atoms with van der Waals surface area (Å²) in [6, 6.07) is 11.3. The molecule has 1 aliphatic heterocycles. The molecule has 1 heterocycles. The zero-order chi connectivity index (χ0) is 15.7. The Bertz CT molecular complexity index is 502. The zero-order valence-electron chi connectivity index (χ0n) is 14.2. The molecule has 1 N–H and O–H groups in total. The molecular formula is C18H29NOSi. The second-order valence-corrected chi connectivity index (χ2v) is 12.4. The van der Waals surface area contributed by atoms with E-state index in [-0.39, 0.29) is 5.04 Å². The van der Waals surface area contributed by atoms with E-state index in [1.807, 2.05) is 0 Å². The van der Waals surface area contributed by atoms with E-state index in [4.69, 9.17) is 4.43 Å². The summed E-state index contributed by atoms with van der Waals surface area (Å²) in [5.41, 5.74) is 2.72. The third kappa shape index (κ3) is 3.85. The van der Waals surface area contributed by atoms with Gasteiger partial charge < -0.3 is 4.43 Å². The summed E-state index contributed by atoms with van der Waals surface area (Å²) in [7, 11) is -1.67. The minimum Gasteiger partial charge on any atom is -0.415 e. The molecule has 2 nitrogen and oxygen atoms in total. The number of hydrogen-bond acceptors (Lipinski definition) is 2. The monoisotopic (exact) mass is 303 g/mol. The summed E-state index contributed by atoms with van der Waals surface area (Å²) in [4.78, 5) is 0. The Morgan fingerprint density at radius 1 is 1.14 bits per heavy atom. The van der Waals surface area contributed by atoms with Crippen LogP contribution in [-0.2, 0) is 4.43 Å². The second kappa shape index (κ2) is 6.07. The van der Waals surface area contributed by atoms with Gasteiger partial charge in [0.25, 0.3) is 0 Å². The van der Waals surface area contributed by atoms with Crippen LogP contribution in [0, 0.1) is 0 Å². The van der Waals surface area contributed by atoms with Crippen LogP contribution in [0.2, 0.25) is 18.1 Å². The Labute approximate surface area is 130 Å². The highest BCUT2D eigenvalue weighted by Gasteiger charge is 2.38. The minimum atomic E-state index is -1.67. The van der Waals surface area contributed by atoms with Gasteiger partial charge in [-0.15, -0.1) is 0 Å². The molecule has 0 spiro atoms. The average molecular weight is 304 g/mol. The van der Waals surface area contributed by atoms with Crippen LogP contribution in [0.4, 0.5) is 0 Å². The van der Waals surface area contributed by atoms with E-state index in [0.717, 1.165) is 6.61 Å². The van der Waals surface area contributed by atoms with Gasteiger partial charge in [0.05, 0.1) is 18.7 Å². The number of benzene rings is 1. The van der Waals surface area contributed by atoms with E-state index in [1.54, 1.807) is 0 Å². The molecule has 0 saturated carbocycles. The lowest BCUT2D eigenvalue weighted by atomic mass is 10.1. The molecule has 0 bridgehead atoms. The van der Waals surface area contributed by atoms with E-state index in [2.05, 4.69) is 82.5 Å². The van der Waals surface area contributed by atoms with Crippen molar-refractivity contribution in [3.8, 4) is 0 Å². The minimum absolute atomic E-state index is 0.266. The van der Waals surface area contributed by atoms with E-state index < -0.39 is 8.32 Å². The van der Waals surface area contributed by atoms with E-state index in [1.165, 1.54) is 11.1 Å². The van der Waals surface area contributed by atoms with Crippen molar-refractivity contribution >= 4 is 8.32 Å². The maximum absolute atomic E-state index is 6.37. The molecule has 0 aromatic heterocycles. The highest BCUT2D eigenvalue weighted by Crippen LogP contribution is 2.37. The van der Waals surface area contributed by atoms with Gasteiger partial charge in [0, 0.05) is 0 Å². The maximum Gasteiger partial charge on any atom is 0.192 e. The fourth-order valence-corrected chi connectivity index (χ4v) is 3.33. The summed E-state index contributed by atoms with van der Waals surface area (Å²) in [5, 5.41) is 3.95.